The number of thioether (sulfide) groups is 1. The van der Waals surface area contributed by atoms with Crippen molar-refractivity contribution in [2.75, 3.05) is 12.3 Å². The van der Waals surface area contributed by atoms with E-state index in [0.717, 1.165) is 6.42 Å². The molecule has 0 spiro atoms. The largest absolute Gasteiger partial charge is 0.337 e. The quantitative estimate of drug-likeness (QED) is 0.781. The Morgan fingerprint density at radius 2 is 2.18 bits per heavy atom. The SMILES string of the molecule is O=C(CSc1ncccc1Cl)NC(=O)NCCc1cccs1. The summed E-state index contributed by atoms with van der Waals surface area (Å²) in [6, 6.07) is 6.89. The first-order valence-electron chi connectivity index (χ1n) is 6.48. The van der Waals surface area contributed by atoms with Gasteiger partial charge in [-0.3, -0.25) is 10.1 Å². The Morgan fingerprint density at radius 3 is 2.91 bits per heavy atom. The van der Waals surface area contributed by atoms with Gasteiger partial charge in [-0.25, -0.2) is 9.78 Å². The van der Waals surface area contributed by atoms with Crippen molar-refractivity contribution >= 4 is 46.6 Å². The maximum atomic E-state index is 11.7. The Bertz CT molecular complexity index is 635. The maximum Gasteiger partial charge on any atom is 0.321 e. The molecule has 0 aliphatic carbocycles. The van der Waals surface area contributed by atoms with Crippen LogP contribution >= 0.6 is 34.7 Å². The highest BCUT2D eigenvalue weighted by molar-refractivity contribution is 8.00. The number of pyridine rings is 1. The summed E-state index contributed by atoms with van der Waals surface area (Å²) in [4.78, 5) is 28.5. The zero-order valence-corrected chi connectivity index (χ0v) is 13.9. The second kappa shape index (κ2) is 8.77. The Morgan fingerprint density at radius 1 is 1.32 bits per heavy atom. The van der Waals surface area contributed by atoms with Crippen molar-refractivity contribution in [3.63, 3.8) is 0 Å². The second-order valence-electron chi connectivity index (χ2n) is 4.21. The van der Waals surface area contributed by atoms with Crippen molar-refractivity contribution in [2.24, 2.45) is 0 Å². The van der Waals surface area contributed by atoms with E-state index in [1.807, 2.05) is 17.5 Å². The van der Waals surface area contributed by atoms with Crippen LogP contribution in [-0.2, 0) is 11.2 Å². The normalized spacial score (nSPS) is 10.2. The fourth-order valence-corrected chi connectivity index (χ4v) is 3.25. The molecule has 22 heavy (non-hydrogen) atoms. The zero-order chi connectivity index (χ0) is 15.8. The number of carbonyl (C=O) groups is 2. The third kappa shape index (κ3) is 5.67. The van der Waals surface area contributed by atoms with E-state index in [0.29, 0.717) is 16.6 Å². The van der Waals surface area contributed by atoms with E-state index < -0.39 is 6.03 Å². The lowest BCUT2D eigenvalue weighted by molar-refractivity contribution is -0.117. The molecule has 0 aliphatic rings. The molecule has 0 atom stereocenters. The van der Waals surface area contributed by atoms with E-state index in [2.05, 4.69) is 15.6 Å². The lowest BCUT2D eigenvalue weighted by Crippen LogP contribution is -2.41. The lowest BCUT2D eigenvalue weighted by Gasteiger charge is -2.06. The van der Waals surface area contributed by atoms with E-state index >= 15 is 0 Å². The fraction of sp³-hybridized carbons (Fsp3) is 0.214. The maximum absolute atomic E-state index is 11.7. The van der Waals surface area contributed by atoms with Crippen LogP contribution in [-0.4, -0.2) is 29.2 Å². The standard InChI is InChI=1S/C14H14ClN3O2S2/c15-11-4-1-6-16-13(11)22-9-12(19)18-14(20)17-7-5-10-3-2-8-21-10/h1-4,6,8H,5,7,9H2,(H2,17,18,19,20). The number of carbonyl (C=O) groups excluding carboxylic acids is 2. The second-order valence-corrected chi connectivity index (χ2v) is 6.62. The van der Waals surface area contributed by atoms with Gasteiger partial charge in [-0.15, -0.1) is 11.3 Å². The van der Waals surface area contributed by atoms with Gasteiger partial charge in [0.25, 0.3) is 0 Å². The minimum Gasteiger partial charge on any atom is -0.337 e. The van der Waals surface area contributed by atoms with Crippen LogP contribution < -0.4 is 10.6 Å². The summed E-state index contributed by atoms with van der Waals surface area (Å²) in [6.07, 6.45) is 2.35. The summed E-state index contributed by atoms with van der Waals surface area (Å²) in [5.74, 6) is -0.310. The molecule has 0 fully saturated rings. The van der Waals surface area contributed by atoms with Gasteiger partial charge in [-0.2, -0.15) is 0 Å². The number of aromatic nitrogens is 1. The van der Waals surface area contributed by atoms with Crippen molar-refractivity contribution in [3.05, 3.63) is 45.7 Å². The van der Waals surface area contributed by atoms with Gasteiger partial charge in [0.2, 0.25) is 5.91 Å². The Labute approximate surface area is 141 Å². The number of rotatable bonds is 6. The summed E-state index contributed by atoms with van der Waals surface area (Å²) in [5.41, 5.74) is 0. The Kier molecular flexibility index (Phi) is 6.70. The number of halogens is 1. The van der Waals surface area contributed by atoms with Crippen molar-refractivity contribution in [3.8, 4) is 0 Å². The molecule has 0 aromatic carbocycles. The average molecular weight is 356 g/mol. The molecule has 0 saturated carbocycles. The molecular weight excluding hydrogens is 342 g/mol. The molecule has 0 radical (unpaired) electrons. The molecule has 0 bridgehead atoms. The third-order valence-corrected chi connectivity index (χ3v) is 4.91. The van der Waals surface area contributed by atoms with Gasteiger partial charge >= 0.3 is 6.03 Å². The molecule has 2 heterocycles. The van der Waals surface area contributed by atoms with Gasteiger partial charge < -0.3 is 5.32 Å². The summed E-state index contributed by atoms with van der Waals surface area (Å²) >= 11 is 8.76. The molecule has 0 saturated heterocycles. The first-order valence-corrected chi connectivity index (χ1v) is 8.73. The molecule has 2 N–H and O–H groups in total. The van der Waals surface area contributed by atoms with Crippen LogP contribution in [0.3, 0.4) is 0 Å². The Balaban J connectivity index is 1.66. The smallest absolute Gasteiger partial charge is 0.321 e. The van der Waals surface area contributed by atoms with Crippen LogP contribution in [0.15, 0.2) is 40.9 Å². The van der Waals surface area contributed by atoms with Crippen molar-refractivity contribution in [1.82, 2.24) is 15.6 Å². The fourth-order valence-electron chi connectivity index (χ4n) is 1.57. The minimum atomic E-state index is -0.491. The monoisotopic (exact) mass is 355 g/mol. The molecule has 2 rings (SSSR count). The van der Waals surface area contributed by atoms with Crippen LogP contribution in [0.2, 0.25) is 5.02 Å². The first kappa shape index (κ1) is 16.8. The molecule has 2 aromatic rings. The zero-order valence-electron chi connectivity index (χ0n) is 11.5. The summed E-state index contributed by atoms with van der Waals surface area (Å²) in [7, 11) is 0. The number of nitrogens with zero attached hydrogens (tertiary/aromatic N) is 1. The highest BCUT2D eigenvalue weighted by Crippen LogP contribution is 2.23. The van der Waals surface area contributed by atoms with Crippen LogP contribution in [0.25, 0.3) is 0 Å². The highest BCUT2D eigenvalue weighted by Gasteiger charge is 2.09. The minimum absolute atomic E-state index is 0.0785. The van der Waals surface area contributed by atoms with E-state index in [9.17, 15) is 9.59 Å². The molecule has 3 amide bonds. The molecule has 2 aromatic heterocycles. The highest BCUT2D eigenvalue weighted by atomic mass is 35.5. The van der Waals surface area contributed by atoms with Gasteiger partial charge in [0, 0.05) is 17.6 Å². The number of amides is 3. The average Bonchev–Trinajstić information content (AvgIpc) is 2.99. The number of thiophene rings is 1. The van der Waals surface area contributed by atoms with Crippen LogP contribution in [0, 0.1) is 0 Å². The van der Waals surface area contributed by atoms with Crippen LogP contribution in [0.4, 0.5) is 4.79 Å². The van der Waals surface area contributed by atoms with E-state index in [1.54, 1.807) is 29.7 Å². The van der Waals surface area contributed by atoms with Gasteiger partial charge in [-0.05, 0) is 30.0 Å². The van der Waals surface area contributed by atoms with E-state index in [4.69, 9.17) is 11.6 Å². The van der Waals surface area contributed by atoms with Crippen molar-refractivity contribution < 1.29 is 9.59 Å². The van der Waals surface area contributed by atoms with Crippen molar-refractivity contribution in [2.45, 2.75) is 11.4 Å². The summed E-state index contributed by atoms with van der Waals surface area (Å²) in [6.45, 7) is 0.485. The topological polar surface area (TPSA) is 71.1 Å². The number of hydrogen-bond acceptors (Lipinski definition) is 5. The summed E-state index contributed by atoms with van der Waals surface area (Å²) in [5, 5.41) is 7.96. The number of urea groups is 1. The molecule has 116 valence electrons. The molecular formula is C14H14ClN3O2S2. The summed E-state index contributed by atoms with van der Waals surface area (Å²) < 4.78 is 0. The molecule has 0 aliphatic heterocycles. The predicted molar refractivity (Wildman–Crippen MR) is 89.5 cm³/mol. The van der Waals surface area contributed by atoms with E-state index in [-0.39, 0.29) is 11.7 Å². The van der Waals surface area contributed by atoms with Gasteiger partial charge in [0.15, 0.2) is 0 Å². The predicted octanol–water partition coefficient (Wildman–Crippen LogP) is 2.96. The molecule has 0 unspecified atom stereocenters. The van der Waals surface area contributed by atoms with Gasteiger partial charge in [0.1, 0.15) is 5.03 Å². The molecule has 5 nitrogen and oxygen atoms in total. The lowest BCUT2D eigenvalue weighted by atomic mass is 10.3. The van der Waals surface area contributed by atoms with E-state index in [1.165, 1.54) is 16.6 Å². The van der Waals surface area contributed by atoms with Gasteiger partial charge in [0.05, 0.1) is 10.8 Å². The van der Waals surface area contributed by atoms with Gasteiger partial charge in [-0.1, -0.05) is 29.4 Å². The first-order chi connectivity index (χ1) is 10.6. The van der Waals surface area contributed by atoms with Crippen LogP contribution in [0.5, 0.6) is 0 Å². The third-order valence-electron chi connectivity index (χ3n) is 2.55. The number of nitrogens with one attached hydrogen (secondary N) is 2. The molecule has 8 heteroatoms. The van der Waals surface area contributed by atoms with Crippen LogP contribution in [0.1, 0.15) is 4.88 Å². The Hall–Kier alpha value is -1.57. The van der Waals surface area contributed by atoms with Crippen molar-refractivity contribution in [1.29, 1.82) is 0 Å². The number of hydrogen-bond donors (Lipinski definition) is 2. The number of imide groups is 1.